The molecule has 0 radical (unpaired) electrons. The van der Waals surface area contributed by atoms with E-state index in [1.807, 2.05) is 0 Å². The van der Waals surface area contributed by atoms with Crippen LogP contribution >= 0.6 is 0 Å². The average molecular weight is 723 g/mol. The predicted octanol–water partition coefficient (Wildman–Crippen LogP) is 13.5. The summed E-state index contributed by atoms with van der Waals surface area (Å²) in [5.41, 5.74) is 0. The SMILES string of the molecule is CC/C=C\C/C=C\C/C=C\C/C=C\C/C=C\CCCCCC(=O)OC(CO)COC(=O)CCCCCCCCCCC/C=C\C/C=C\CCCCC. The normalized spacial score (nSPS) is 13.1. The summed E-state index contributed by atoms with van der Waals surface area (Å²) in [4.78, 5) is 24.3. The van der Waals surface area contributed by atoms with Gasteiger partial charge >= 0.3 is 11.9 Å². The Hall–Kier alpha value is -2.92. The molecular formula is C47H78O5. The van der Waals surface area contributed by atoms with E-state index in [1.165, 1.54) is 70.6 Å². The van der Waals surface area contributed by atoms with E-state index in [2.05, 4.69) is 98.9 Å². The molecule has 1 N–H and O–H groups in total. The van der Waals surface area contributed by atoms with Crippen molar-refractivity contribution in [1.82, 2.24) is 0 Å². The van der Waals surface area contributed by atoms with E-state index in [-0.39, 0.29) is 25.2 Å². The van der Waals surface area contributed by atoms with Gasteiger partial charge in [-0.05, 0) is 89.9 Å². The Labute approximate surface area is 320 Å². The highest BCUT2D eigenvalue weighted by atomic mass is 16.6. The Kier molecular flexibility index (Phi) is 40.1. The van der Waals surface area contributed by atoms with Crippen LogP contribution in [0, 0.1) is 0 Å². The Morgan fingerprint density at radius 3 is 1.27 bits per heavy atom. The molecule has 0 heterocycles. The maximum Gasteiger partial charge on any atom is 0.306 e. The third-order valence-corrected chi connectivity index (χ3v) is 8.67. The summed E-state index contributed by atoms with van der Waals surface area (Å²) in [6.07, 6.45) is 57.9. The molecule has 1 atom stereocenters. The molecular weight excluding hydrogens is 645 g/mol. The topological polar surface area (TPSA) is 72.8 Å². The van der Waals surface area contributed by atoms with Crippen molar-refractivity contribution < 1.29 is 24.2 Å². The van der Waals surface area contributed by atoms with Crippen LogP contribution in [0.3, 0.4) is 0 Å². The number of carbonyl (C=O) groups excluding carboxylic acids is 2. The van der Waals surface area contributed by atoms with E-state index in [0.717, 1.165) is 83.5 Å². The largest absolute Gasteiger partial charge is 0.462 e. The molecule has 0 aromatic rings. The first-order chi connectivity index (χ1) is 25.6. The summed E-state index contributed by atoms with van der Waals surface area (Å²) in [6, 6.07) is 0. The summed E-state index contributed by atoms with van der Waals surface area (Å²) in [5, 5.41) is 9.57. The highest BCUT2D eigenvalue weighted by Gasteiger charge is 2.16. The van der Waals surface area contributed by atoms with Crippen molar-refractivity contribution in [2.24, 2.45) is 0 Å². The average Bonchev–Trinajstić information content (AvgIpc) is 3.15. The van der Waals surface area contributed by atoms with Gasteiger partial charge in [0, 0.05) is 12.8 Å². The molecule has 0 fully saturated rings. The highest BCUT2D eigenvalue weighted by Crippen LogP contribution is 2.13. The lowest BCUT2D eigenvalue weighted by Crippen LogP contribution is -2.28. The third kappa shape index (κ3) is 39.9. The van der Waals surface area contributed by atoms with E-state index in [0.29, 0.717) is 12.8 Å². The van der Waals surface area contributed by atoms with E-state index in [4.69, 9.17) is 9.47 Å². The smallest absolute Gasteiger partial charge is 0.306 e. The maximum atomic E-state index is 12.2. The number of carbonyl (C=O) groups is 2. The Morgan fingerprint density at radius 2 is 0.827 bits per heavy atom. The molecule has 0 rings (SSSR count). The minimum absolute atomic E-state index is 0.0862. The molecule has 296 valence electrons. The van der Waals surface area contributed by atoms with Gasteiger partial charge in [0.2, 0.25) is 0 Å². The minimum Gasteiger partial charge on any atom is -0.462 e. The van der Waals surface area contributed by atoms with Crippen LogP contribution in [0.4, 0.5) is 0 Å². The summed E-state index contributed by atoms with van der Waals surface area (Å²) in [7, 11) is 0. The number of ether oxygens (including phenoxy) is 2. The first-order valence-electron chi connectivity index (χ1n) is 21.1. The number of aliphatic hydroxyl groups is 1. The van der Waals surface area contributed by atoms with E-state index in [1.54, 1.807) is 0 Å². The van der Waals surface area contributed by atoms with Gasteiger partial charge < -0.3 is 14.6 Å². The second-order valence-electron chi connectivity index (χ2n) is 13.7. The third-order valence-electron chi connectivity index (χ3n) is 8.67. The van der Waals surface area contributed by atoms with Crippen LogP contribution in [0.2, 0.25) is 0 Å². The zero-order valence-electron chi connectivity index (χ0n) is 33.5. The number of rotatable bonds is 37. The fourth-order valence-corrected chi connectivity index (χ4v) is 5.49. The van der Waals surface area contributed by atoms with Crippen molar-refractivity contribution >= 4 is 11.9 Å². The van der Waals surface area contributed by atoms with Gasteiger partial charge in [-0.25, -0.2) is 0 Å². The summed E-state index contributed by atoms with van der Waals surface area (Å²) in [6.45, 7) is 3.96. The quantitative estimate of drug-likeness (QED) is 0.0393. The lowest BCUT2D eigenvalue weighted by atomic mass is 10.1. The Balaban J connectivity index is 3.64. The van der Waals surface area contributed by atoms with Crippen LogP contribution in [0.5, 0.6) is 0 Å². The van der Waals surface area contributed by atoms with E-state index in [9.17, 15) is 14.7 Å². The zero-order valence-corrected chi connectivity index (χ0v) is 33.5. The van der Waals surface area contributed by atoms with Crippen LogP contribution in [-0.2, 0) is 19.1 Å². The van der Waals surface area contributed by atoms with Gasteiger partial charge in [-0.15, -0.1) is 0 Å². The molecule has 0 amide bonds. The molecule has 0 bridgehead atoms. The fourth-order valence-electron chi connectivity index (χ4n) is 5.49. The molecule has 0 aromatic carbocycles. The summed E-state index contributed by atoms with van der Waals surface area (Å²) >= 11 is 0. The van der Waals surface area contributed by atoms with Crippen molar-refractivity contribution in [2.75, 3.05) is 13.2 Å². The van der Waals surface area contributed by atoms with Crippen LogP contribution in [0.25, 0.3) is 0 Å². The number of allylic oxidation sites excluding steroid dienone is 14. The maximum absolute atomic E-state index is 12.2. The van der Waals surface area contributed by atoms with Gasteiger partial charge in [0.1, 0.15) is 6.61 Å². The van der Waals surface area contributed by atoms with Crippen molar-refractivity contribution in [2.45, 2.75) is 187 Å². The van der Waals surface area contributed by atoms with Gasteiger partial charge in [-0.2, -0.15) is 0 Å². The zero-order chi connectivity index (χ0) is 37.8. The minimum atomic E-state index is -0.795. The predicted molar refractivity (Wildman–Crippen MR) is 223 cm³/mol. The second kappa shape index (κ2) is 42.5. The highest BCUT2D eigenvalue weighted by molar-refractivity contribution is 5.70. The standard InChI is InChI=1S/C47H78O5/c1-3-5-7-9-11-13-15-17-19-21-23-25-27-29-31-33-35-37-39-41-46(49)51-44-45(43-48)52-47(50)42-40-38-36-34-32-30-28-26-24-22-20-18-16-14-12-10-8-6-4-2/h6,8,11-14,17-20,24,26,30,32,45,48H,3-5,7,9-10,15-16,21-23,25,27-29,31,33-44H2,1-2H3/b8-6-,13-11-,14-12-,19-17-,20-18-,26-24-,32-30-. The van der Waals surface area contributed by atoms with Crippen molar-refractivity contribution in [3.8, 4) is 0 Å². The van der Waals surface area contributed by atoms with Crippen LogP contribution in [-0.4, -0.2) is 36.4 Å². The van der Waals surface area contributed by atoms with Gasteiger partial charge in [-0.1, -0.05) is 163 Å². The van der Waals surface area contributed by atoms with Crippen molar-refractivity contribution in [3.63, 3.8) is 0 Å². The molecule has 0 aliphatic rings. The molecule has 52 heavy (non-hydrogen) atoms. The number of hydrogen-bond acceptors (Lipinski definition) is 5. The first kappa shape index (κ1) is 49.1. The summed E-state index contributed by atoms with van der Waals surface area (Å²) in [5.74, 6) is -0.639. The van der Waals surface area contributed by atoms with Crippen LogP contribution < -0.4 is 0 Å². The lowest BCUT2D eigenvalue weighted by molar-refractivity contribution is -0.161. The van der Waals surface area contributed by atoms with Crippen LogP contribution in [0.1, 0.15) is 181 Å². The molecule has 0 aromatic heterocycles. The molecule has 5 heteroatoms. The molecule has 0 aliphatic heterocycles. The molecule has 0 saturated carbocycles. The molecule has 1 unspecified atom stereocenters. The number of aliphatic hydroxyl groups excluding tert-OH is 1. The van der Waals surface area contributed by atoms with Crippen molar-refractivity contribution in [1.29, 1.82) is 0 Å². The fraction of sp³-hybridized carbons (Fsp3) is 0.660. The first-order valence-corrected chi connectivity index (χ1v) is 21.1. The second-order valence-corrected chi connectivity index (χ2v) is 13.7. The number of unbranched alkanes of at least 4 members (excludes halogenated alkanes) is 15. The van der Waals surface area contributed by atoms with Gasteiger partial charge in [0.15, 0.2) is 6.10 Å². The Bertz CT molecular complexity index is 999. The van der Waals surface area contributed by atoms with Gasteiger partial charge in [0.25, 0.3) is 0 Å². The van der Waals surface area contributed by atoms with Gasteiger partial charge in [-0.3, -0.25) is 9.59 Å². The van der Waals surface area contributed by atoms with Crippen LogP contribution in [0.15, 0.2) is 85.1 Å². The van der Waals surface area contributed by atoms with Gasteiger partial charge in [0.05, 0.1) is 6.61 Å². The van der Waals surface area contributed by atoms with E-state index < -0.39 is 6.10 Å². The number of esters is 2. The van der Waals surface area contributed by atoms with E-state index >= 15 is 0 Å². The monoisotopic (exact) mass is 723 g/mol. The Morgan fingerprint density at radius 1 is 0.462 bits per heavy atom. The number of hydrogen-bond donors (Lipinski definition) is 1. The molecule has 0 spiro atoms. The van der Waals surface area contributed by atoms with Crippen molar-refractivity contribution in [3.05, 3.63) is 85.1 Å². The molecule has 0 aliphatic carbocycles. The summed E-state index contributed by atoms with van der Waals surface area (Å²) < 4.78 is 10.6. The molecule has 5 nitrogen and oxygen atoms in total. The molecule has 0 saturated heterocycles. The lowest BCUT2D eigenvalue weighted by Gasteiger charge is -2.15.